The predicted octanol–water partition coefficient (Wildman–Crippen LogP) is 3.07. The van der Waals surface area contributed by atoms with Crippen LogP contribution in [0.5, 0.6) is 5.75 Å². The average Bonchev–Trinajstić information content (AvgIpc) is 3.56. The molecule has 2 N–H and O–H groups in total. The summed E-state index contributed by atoms with van der Waals surface area (Å²) < 4.78 is 88.4. The van der Waals surface area contributed by atoms with E-state index >= 15 is 0 Å². The highest BCUT2D eigenvalue weighted by Crippen LogP contribution is 2.41. The minimum atomic E-state index is -4.76. The number of alkyl halides is 6. The van der Waals surface area contributed by atoms with Gasteiger partial charge in [0.05, 0.1) is 12.6 Å². The highest BCUT2D eigenvalue weighted by molar-refractivity contribution is 5.94. The summed E-state index contributed by atoms with van der Waals surface area (Å²) in [6, 6.07) is 11.6. The van der Waals surface area contributed by atoms with Crippen LogP contribution in [0.3, 0.4) is 0 Å². The minimum absolute atomic E-state index is 0.00916. The van der Waals surface area contributed by atoms with E-state index in [1.54, 1.807) is 29.2 Å². The van der Waals surface area contributed by atoms with Gasteiger partial charge in [0, 0.05) is 37.8 Å². The van der Waals surface area contributed by atoms with E-state index < -0.39 is 48.0 Å². The number of fused-ring (bicyclic) bond motifs is 2. The number of nitrogens with one attached hydrogen (secondary N) is 2. The lowest BCUT2D eigenvalue weighted by Crippen LogP contribution is -2.64. The van der Waals surface area contributed by atoms with Crippen molar-refractivity contribution < 1.29 is 40.7 Å². The van der Waals surface area contributed by atoms with Crippen LogP contribution in [0.4, 0.5) is 26.3 Å². The van der Waals surface area contributed by atoms with Gasteiger partial charge in [0.15, 0.2) is 11.7 Å². The van der Waals surface area contributed by atoms with Gasteiger partial charge in [-0.3, -0.25) is 19.9 Å². The maximum atomic E-state index is 14.0. The molecule has 0 saturated carbocycles. The van der Waals surface area contributed by atoms with Crippen molar-refractivity contribution in [2.24, 2.45) is 5.92 Å². The number of carbonyl (C=O) groups excluding carboxylic acids is 2. The van der Waals surface area contributed by atoms with Crippen molar-refractivity contribution in [3.8, 4) is 5.75 Å². The van der Waals surface area contributed by atoms with Crippen molar-refractivity contribution >= 4 is 11.8 Å². The molecule has 2 unspecified atom stereocenters. The van der Waals surface area contributed by atoms with Crippen molar-refractivity contribution in [3.63, 3.8) is 0 Å². The summed E-state index contributed by atoms with van der Waals surface area (Å²) in [6.45, 7) is -0.282. The molecule has 16 heteroatoms. The van der Waals surface area contributed by atoms with Gasteiger partial charge in [0.2, 0.25) is 11.7 Å². The fourth-order valence-corrected chi connectivity index (χ4v) is 5.93. The zero-order valence-corrected chi connectivity index (χ0v) is 22.3. The molecule has 3 aromatic rings. The zero-order chi connectivity index (χ0) is 30.5. The lowest BCUT2D eigenvalue weighted by atomic mass is 9.94. The highest BCUT2D eigenvalue weighted by Gasteiger charge is 2.55. The van der Waals surface area contributed by atoms with Crippen molar-refractivity contribution in [1.82, 2.24) is 35.4 Å². The molecule has 0 spiro atoms. The van der Waals surface area contributed by atoms with Crippen LogP contribution in [-0.2, 0) is 30.6 Å². The smallest absolute Gasteiger partial charge is 0.451 e. The molecule has 43 heavy (non-hydrogen) atoms. The number of aromatic nitrogens is 3. The normalized spacial score (nSPS) is 22.6. The lowest BCUT2D eigenvalue weighted by molar-refractivity contribution is -0.202. The molecule has 4 heterocycles. The van der Waals surface area contributed by atoms with Crippen LogP contribution in [-0.4, -0.2) is 68.3 Å². The Morgan fingerprint density at radius 1 is 1.00 bits per heavy atom. The van der Waals surface area contributed by atoms with Crippen LogP contribution < -0.4 is 15.6 Å². The summed E-state index contributed by atoms with van der Waals surface area (Å²) in [5, 5.41) is 6.83. The van der Waals surface area contributed by atoms with Crippen LogP contribution in [0.2, 0.25) is 0 Å². The maximum Gasteiger partial charge on any atom is 0.451 e. The Morgan fingerprint density at radius 3 is 2.56 bits per heavy atom. The minimum Gasteiger partial charge on any atom is -0.492 e. The number of hydrogen-bond acceptors (Lipinski definition) is 7. The number of ether oxygens (including phenoxy) is 1. The molecule has 1 saturated heterocycles. The Kier molecular flexibility index (Phi) is 7.28. The Morgan fingerprint density at radius 2 is 1.79 bits per heavy atom. The number of nitrogens with zero attached hydrogens (tertiary/aromatic N) is 5. The largest absolute Gasteiger partial charge is 0.492 e. The SMILES string of the molecule is O=C1NNCC(N2Cc3ccccc3[C@@H]2COc2cccc(C(=O)N3CCn4c(nnc4C(F)(F)F)C3)c2)C1C(F)(F)F. The van der Waals surface area contributed by atoms with Gasteiger partial charge in [-0.2, -0.15) is 26.3 Å². The fraction of sp³-hybridized carbons (Fsp3) is 0.407. The zero-order valence-electron chi connectivity index (χ0n) is 22.3. The van der Waals surface area contributed by atoms with E-state index in [9.17, 15) is 35.9 Å². The van der Waals surface area contributed by atoms with Crippen LogP contribution in [0, 0.1) is 5.92 Å². The van der Waals surface area contributed by atoms with Crippen LogP contribution in [0.25, 0.3) is 0 Å². The summed E-state index contributed by atoms with van der Waals surface area (Å²) in [5.41, 5.74) is 6.45. The molecule has 0 bridgehead atoms. The van der Waals surface area contributed by atoms with Gasteiger partial charge in [-0.15, -0.1) is 10.2 Å². The third-order valence-corrected chi connectivity index (χ3v) is 7.92. The molecule has 3 aliphatic heterocycles. The standard InChI is InChI=1S/C27H25F6N7O3/c28-26(29,30)22-19(11-34-36-23(22)41)40-12-16-4-1-2-7-18(16)20(40)14-43-17-6-3-5-15(10-17)24(42)38-8-9-39-21(13-38)35-37-25(39)27(31,32)33/h1-7,10,19-20,22,34H,8-9,11-14H2,(H,36,41)/t19?,20-,22?/m0/s1. The highest BCUT2D eigenvalue weighted by atomic mass is 19.4. The molecular formula is C27H25F6N7O3. The first kappa shape index (κ1) is 28.9. The molecule has 2 amide bonds. The van der Waals surface area contributed by atoms with Crippen LogP contribution in [0.1, 0.15) is 39.2 Å². The van der Waals surface area contributed by atoms with E-state index in [1.165, 1.54) is 17.0 Å². The van der Waals surface area contributed by atoms with Crippen LogP contribution >= 0.6 is 0 Å². The molecule has 1 fully saturated rings. The van der Waals surface area contributed by atoms with Gasteiger partial charge in [0.25, 0.3) is 5.91 Å². The first-order valence-corrected chi connectivity index (χ1v) is 13.4. The topological polar surface area (TPSA) is 105 Å². The summed E-state index contributed by atoms with van der Waals surface area (Å²) in [4.78, 5) is 28.5. The first-order chi connectivity index (χ1) is 20.4. The van der Waals surface area contributed by atoms with Crippen molar-refractivity contribution in [3.05, 3.63) is 76.9 Å². The van der Waals surface area contributed by atoms with Gasteiger partial charge in [-0.25, -0.2) is 5.43 Å². The van der Waals surface area contributed by atoms with E-state index in [-0.39, 0.29) is 56.5 Å². The second-order valence-corrected chi connectivity index (χ2v) is 10.5. The lowest BCUT2D eigenvalue weighted by Gasteiger charge is -2.40. The average molecular weight is 610 g/mol. The number of hydrogen-bond donors (Lipinski definition) is 2. The second-order valence-electron chi connectivity index (χ2n) is 10.5. The number of benzene rings is 2. The third-order valence-electron chi connectivity index (χ3n) is 7.92. The van der Waals surface area contributed by atoms with Gasteiger partial charge in [-0.05, 0) is 29.3 Å². The Balaban J connectivity index is 1.19. The second kappa shape index (κ2) is 10.8. The van der Waals surface area contributed by atoms with Gasteiger partial charge in [0.1, 0.15) is 12.4 Å². The quantitative estimate of drug-likeness (QED) is 0.429. The molecular weight excluding hydrogens is 584 g/mol. The first-order valence-electron chi connectivity index (χ1n) is 13.4. The van der Waals surface area contributed by atoms with E-state index in [4.69, 9.17) is 4.74 Å². The number of hydrazine groups is 1. The molecule has 228 valence electrons. The summed E-state index contributed by atoms with van der Waals surface area (Å²) in [7, 11) is 0. The monoisotopic (exact) mass is 609 g/mol. The van der Waals surface area contributed by atoms with E-state index in [2.05, 4.69) is 21.0 Å². The van der Waals surface area contributed by atoms with E-state index in [0.717, 1.165) is 15.7 Å². The third kappa shape index (κ3) is 5.51. The molecule has 1 aromatic heterocycles. The fourth-order valence-electron chi connectivity index (χ4n) is 5.93. The number of carbonyl (C=O) groups is 2. The number of rotatable bonds is 5. The molecule has 0 radical (unpaired) electrons. The molecule has 2 aromatic carbocycles. The van der Waals surface area contributed by atoms with Gasteiger partial charge < -0.3 is 14.2 Å². The predicted molar refractivity (Wildman–Crippen MR) is 136 cm³/mol. The number of amides is 2. The van der Waals surface area contributed by atoms with Crippen molar-refractivity contribution in [2.75, 3.05) is 19.7 Å². The molecule has 3 aliphatic rings. The Hall–Kier alpha value is -4.18. The van der Waals surface area contributed by atoms with Crippen molar-refractivity contribution in [2.45, 2.75) is 44.1 Å². The molecule has 6 rings (SSSR count). The van der Waals surface area contributed by atoms with Crippen molar-refractivity contribution in [1.29, 1.82) is 0 Å². The van der Waals surface area contributed by atoms with Crippen LogP contribution in [0.15, 0.2) is 48.5 Å². The number of halogens is 6. The van der Waals surface area contributed by atoms with E-state index in [1.807, 2.05) is 12.1 Å². The van der Waals surface area contributed by atoms with E-state index in [0.29, 0.717) is 0 Å². The summed E-state index contributed by atoms with van der Waals surface area (Å²) >= 11 is 0. The molecule has 10 nitrogen and oxygen atoms in total. The maximum absolute atomic E-state index is 14.0. The molecule has 3 atom stereocenters. The summed E-state index contributed by atoms with van der Waals surface area (Å²) in [5.74, 6) is -4.67. The summed E-state index contributed by atoms with van der Waals surface area (Å²) in [6.07, 6.45) is -9.42. The molecule has 0 aliphatic carbocycles. The van der Waals surface area contributed by atoms with Gasteiger partial charge in [-0.1, -0.05) is 30.3 Å². The Bertz CT molecular complexity index is 1540. The van der Waals surface area contributed by atoms with Gasteiger partial charge >= 0.3 is 12.4 Å². The Labute approximate surface area is 240 Å².